The summed E-state index contributed by atoms with van der Waals surface area (Å²) in [6.07, 6.45) is -0.0937. The third-order valence-electron chi connectivity index (χ3n) is 2.96. The van der Waals surface area contributed by atoms with Gasteiger partial charge in [0, 0.05) is 6.54 Å². The predicted octanol–water partition coefficient (Wildman–Crippen LogP) is 2.26. The van der Waals surface area contributed by atoms with Crippen LogP contribution in [0.5, 0.6) is 5.75 Å². The van der Waals surface area contributed by atoms with Gasteiger partial charge in [-0.05, 0) is 24.0 Å². The number of aliphatic carboxylic acids is 1. The van der Waals surface area contributed by atoms with Gasteiger partial charge in [-0.25, -0.2) is 0 Å². The lowest BCUT2D eigenvalue weighted by atomic mass is 9.85. The Hall–Kier alpha value is -2.04. The molecule has 0 bridgehead atoms. The molecule has 0 aliphatic carbocycles. The van der Waals surface area contributed by atoms with Crippen LogP contribution in [0.2, 0.25) is 0 Å². The van der Waals surface area contributed by atoms with Gasteiger partial charge in [-0.1, -0.05) is 38.5 Å². The van der Waals surface area contributed by atoms with Gasteiger partial charge >= 0.3 is 5.97 Å². The Morgan fingerprint density at radius 3 is 2.52 bits per heavy atom. The Bertz CT molecular complexity index is 517. The first kappa shape index (κ1) is 17.0. The highest BCUT2D eigenvalue weighted by Gasteiger charge is 2.19. The number of nitrogens with one attached hydrogen (secondary N) is 1. The number of hydrogen-bond donors (Lipinski definition) is 2. The van der Waals surface area contributed by atoms with Crippen LogP contribution < -0.4 is 10.1 Å². The number of ether oxygens (including phenoxy) is 1. The largest absolute Gasteiger partial charge is 0.483 e. The minimum Gasteiger partial charge on any atom is -0.483 e. The third kappa shape index (κ3) is 5.85. The van der Waals surface area contributed by atoms with Crippen molar-refractivity contribution < 1.29 is 19.4 Å². The summed E-state index contributed by atoms with van der Waals surface area (Å²) in [5.74, 6) is -0.581. The summed E-state index contributed by atoms with van der Waals surface area (Å²) < 4.78 is 5.58. The van der Waals surface area contributed by atoms with Gasteiger partial charge in [0.25, 0.3) is 5.91 Å². The van der Waals surface area contributed by atoms with Crippen LogP contribution in [0.1, 0.15) is 38.3 Å². The lowest BCUT2D eigenvalue weighted by molar-refractivity contribution is -0.137. The summed E-state index contributed by atoms with van der Waals surface area (Å²) in [7, 11) is 0. The van der Waals surface area contributed by atoms with Gasteiger partial charge in [0.05, 0.1) is 6.42 Å². The van der Waals surface area contributed by atoms with Gasteiger partial charge in [-0.2, -0.15) is 0 Å². The highest BCUT2D eigenvalue weighted by molar-refractivity contribution is 5.78. The average molecular weight is 293 g/mol. The number of rotatable bonds is 6. The number of carbonyl (C=O) groups is 2. The van der Waals surface area contributed by atoms with Crippen LogP contribution in [0.3, 0.4) is 0 Å². The highest BCUT2D eigenvalue weighted by atomic mass is 16.5. The maximum Gasteiger partial charge on any atom is 0.305 e. The first-order valence-corrected chi connectivity index (χ1v) is 6.92. The molecule has 0 atom stereocenters. The van der Waals surface area contributed by atoms with E-state index in [1.807, 2.05) is 19.1 Å². The molecule has 0 radical (unpaired) electrons. The van der Waals surface area contributed by atoms with E-state index < -0.39 is 5.97 Å². The summed E-state index contributed by atoms with van der Waals surface area (Å²) in [5, 5.41) is 11.0. The zero-order valence-corrected chi connectivity index (χ0v) is 13.0. The molecule has 2 N–H and O–H groups in total. The predicted molar refractivity (Wildman–Crippen MR) is 80.6 cm³/mol. The topological polar surface area (TPSA) is 75.6 Å². The number of aryl methyl sites for hydroxylation is 1. The molecule has 5 nitrogen and oxygen atoms in total. The van der Waals surface area contributed by atoms with Crippen LogP contribution in [0.15, 0.2) is 18.2 Å². The Labute approximate surface area is 125 Å². The minimum atomic E-state index is -0.940. The molecule has 1 aromatic carbocycles. The van der Waals surface area contributed by atoms with Crippen LogP contribution in [0.25, 0.3) is 0 Å². The molecule has 5 heteroatoms. The van der Waals surface area contributed by atoms with E-state index in [2.05, 4.69) is 32.2 Å². The molecule has 1 aromatic rings. The van der Waals surface area contributed by atoms with Gasteiger partial charge < -0.3 is 15.2 Å². The van der Waals surface area contributed by atoms with Crippen molar-refractivity contribution >= 4 is 11.9 Å². The zero-order chi connectivity index (χ0) is 16.0. The van der Waals surface area contributed by atoms with E-state index in [0.717, 1.165) is 11.1 Å². The summed E-state index contributed by atoms with van der Waals surface area (Å²) in [6.45, 7) is 8.26. The number of carboxylic acids is 1. The van der Waals surface area contributed by atoms with Crippen molar-refractivity contribution in [3.8, 4) is 5.75 Å². The number of carboxylic acid groups (broad SMARTS) is 1. The molecule has 0 fully saturated rings. The summed E-state index contributed by atoms with van der Waals surface area (Å²) >= 11 is 0. The van der Waals surface area contributed by atoms with Gasteiger partial charge in [0.2, 0.25) is 0 Å². The first-order valence-electron chi connectivity index (χ1n) is 6.92. The Morgan fingerprint density at radius 2 is 1.95 bits per heavy atom. The number of hydrogen-bond acceptors (Lipinski definition) is 3. The molecule has 0 heterocycles. The van der Waals surface area contributed by atoms with Crippen molar-refractivity contribution in [3.05, 3.63) is 29.3 Å². The molecule has 0 unspecified atom stereocenters. The van der Waals surface area contributed by atoms with Crippen molar-refractivity contribution in [2.75, 3.05) is 13.2 Å². The van der Waals surface area contributed by atoms with E-state index >= 15 is 0 Å². The van der Waals surface area contributed by atoms with Gasteiger partial charge in [0.15, 0.2) is 6.61 Å². The molecule has 1 amide bonds. The van der Waals surface area contributed by atoms with Gasteiger partial charge in [0.1, 0.15) is 5.75 Å². The molecule has 0 aromatic heterocycles. The Morgan fingerprint density at radius 1 is 1.29 bits per heavy atom. The molecular weight excluding hydrogens is 270 g/mol. The van der Waals surface area contributed by atoms with E-state index in [4.69, 9.17) is 9.84 Å². The summed E-state index contributed by atoms with van der Waals surface area (Å²) in [5.41, 5.74) is 2.10. The molecule has 21 heavy (non-hydrogen) atoms. The lowest BCUT2D eigenvalue weighted by Gasteiger charge is -2.23. The minimum absolute atomic E-state index is 0.0822. The fourth-order valence-electron chi connectivity index (χ4n) is 1.86. The Kier molecular flexibility index (Phi) is 5.76. The van der Waals surface area contributed by atoms with E-state index in [0.29, 0.717) is 5.75 Å². The van der Waals surface area contributed by atoms with Gasteiger partial charge in [-0.15, -0.1) is 0 Å². The quantitative estimate of drug-likeness (QED) is 0.843. The fraction of sp³-hybridized carbons (Fsp3) is 0.500. The van der Waals surface area contributed by atoms with Crippen LogP contribution in [-0.2, 0) is 15.0 Å². The van der Waals surface area contributed by atoms with Crippen molar-refractivity contribution in [3.63, 3.8) is 0 Å². The van der Waals surface area contributed by atoms with Crippen molar-refractivity contribution in [1.29, 1.82) is 0 Å². The average Bonchev–Trinajstić information content (AvgIpc) is 2.35. The number of carbonyl (C=O) groups excluding carboxylic acids is 1. The molecule has 0 saturated carbocycles. The van der Waals surface area contributed by atoms with Crippen LogP contribution in [0.4, 0.5) is 0 Å². The van der Waals surface area contributed by atoms with E-state index in [9.17, 15) is 9.59 Å². The lowest BCUT2D eigenvalue weighted by Crippen LogP contribution is -2.31. The Balaban J connectivity index is 2.63. The maximum absolute atomic E-state index is 11.6. The second-order valence-corrected chi connectivity index (χ2v) is 6.03. The molecule has 1 rings (SSSR count). The molecule has 0 aliphatic rings. The van der Waals surface area contributed by atoms with Crippen molar-refractivity contribution in [2.24, 2.45) is 0 Å². The maximum atomic E-state index is 11.6. The molecular formula is C16H23NO4. The van der Waals surface area contributed by atoms with E-state index in [1.54, 1.807) is 0 Å². The standard InChI is InChI=1S/C16H23NO4/c1-11-5-6-13(12(9-11)16(2,3)4)21-10-14(18)17-8-7-15(19)20/h5-6,9H,7-8,10H2,1-4H3,(H,17,18)(H,19,20). The van der Waals surface area contributed by atoms with Crippen LogP contribution >= 0.6 is 0 Å². The second-order valence-electron chi connectivity index (χ2n) is 6.03. The van der Waals surface area contributed by atoms with E-state index in [-0.39, 0.29) is 30.9 Å². The van der Waals surface area contributed by atoms with Crippen molar-refractivity contribution in [2.45, 2.75) is 39.5 Å². The molecule has 0 spiro atoms. The summed E-state index contributed by atoms with van der Waals surface area (Å²) in [6, 6.07) is 5.85. The normalized spacial score (nSPS) is 11.0. The molecule has 0 saturated heterocycles. The van der Waals surface area contributed by atoms with Gasteiger partial charge in [-0.3, -0.25) is 9.59 Å². The van der Waals surface area contributed by atoms with Crippen LogP contribution in [0, 0.1) is 6.92 Å². The number of amides is 1. The van der Waals surface area contributed by atoms with Crippen LogP contribution in [-0.4, -0.2) is 30.1 Å². The summed E-state index contributed by atoms with van der Waals surface area (Å²) in [4.78, 5) is 22.0. The highest BCUT2D eigenvalue weighted by Crippen LogP contribution is 2.32. The second kappa shape index (κ2) is 7.11. The van der Waals surface area contributed by atoms with E-state index in [1.165, 1.54) is 0 Å². The molecule has 116 valence electrons. The first-order chi connectivity index (χ1) is 9.70. The number of benzene rings is 1. The fourth-order valence-corrected chi connectivity index (χ4v) is 1.86. The monoisotopic (exact) mass is 293 g/mol. The molecule has 0 aliphatic heterocycles. The zero-order valence-electron chi connectivity index (χ0n) is 13.0. The third-order valence-corrected chi connectivity index (χ3v) is 2.96. The SMILES string of the molecule is Cc1ccc(OCC(=O)NCCC(=O)O)c(C(C)(C)C)c1. The van der Waals surface area contributed by atoms with Crippen molar-refractivity contribution in [1.82, 2.24) is 5.32 Å². The smallest absolute Gasteiger partial charge is 0.305 e.